The number of hydrogen-bond donors (Lipinski definition) is 0. The van der Waals surface area contributed by atoms with E-state index >= 15 is 0 Å². The summed E-state index contributed by atoms with van der Waals surface area (Å²) >= 11 is 0. The summed E-state index contributed by atoms with van der Waals surface area (Å²) in [5, 5.41) is 0. The van der Waals surface area contributed by atoms with Crippen molar-refractivity contribution >= 4 is 5.97 Å². The highest BCUT2D eigenvalue weighted by Gasteiger charge is 2.05. The molecule has 1 aromatic rings. The van der Waals surface area contributed by atoms with Crippen LogP contribution < -0.4 is 0 Å². The molecule has 0 heterocycles. The van der Waals surface area contributed by atoms with Crippen LogP contribution >= 0.6 is 0 Å². The normalized spacial score (nSPS) is 10.5. The van der Waals surface area contributed by atoms with Crippen LogP contribution in [0.3, 0.4) is 0 Å². The second-order valence-electron chi connectivity index (χ2n) is 4.05. The van der Waals surface area contributed by atoms with Crippen molar-refractivity contribution in [1.29, 1.82) is 0 Å². The van der Waals surface area contributed by atoms with Crippen LogP contribution in [0.1, 0.15) is 11.1 Å². The van der Waals surface area contributed by atoms with E-state index in [0.717, 1.165) is 13.0 Å². The molecular formula is C13H19NO2. The molecule has 0 atom stereocenters. The fourth-order valence-corrected chi connectivity index (χ4v) is 1.55. The van der Waals surface area contributed by atoms with Crippen molar-refractivity contribution in [1.82, 2.24) is 4.90 Å². The lowest BCUT2D eigenvalue weighted by Crippen LogP contribution is -2.28. The second kappa shape index (κ2) is 6.28. The Morgan fingerprint density at radius 1 is 1.44 bits per heavy atom. The lowest BCUT2D eigenvalue weighted by molar-refractivity contribution is -0.141. The van der Waals surface area contributed by atoms with Gasteiger partial charge in [-0.25, -0.2) is 0 Å². The van der Waals surface area contributed by atoms with E-state index in [1.807, 2.05) is 11.9 Å². The third-order valence-corrected chi connectivity index (χ3v) is 2.49. The maximum absolute atomic E-state index is 11.0. The predicted octanol–water partition coefficient (Wildman–Crippen LogP) is 1.64. The number of hydrogen-bond acceptors (Lipinski definition) is 3. The monoisotopic (exact) mass is 221 g/mol. The Morgan fingerprint density at radius 2 is 2.19 bits per heavy atom. The highest BCUT2D eigenvalue weighted by Crippen LogP contribution is 2.05. The minimum atomic E-state index is -0.188. The first-order valence-electron chi connectivity index (χ1n) is 5.42. The van der Waals surface area contributed by atoms with Gasteiger partial charge in [0.25, 0.3) is 0 Å². The molecule has 0 unspecified atom stereocenters. The van der Waals surface area contributed by atoms with Gasteiger partial charge in [0, 0.05) is 6.54 Å². The zero-order valence-electron chi connectivity index (χ0n) is 10.2. The van der Waals surface area contributed by atoms with Gasteiger partial charge in [0.2, 0.25) is 0 Å². The summed E-state index contributed by atoms with van der Waals surface area (Å²) in [5.41, 5.74) is 2.57. The van der Waals surface area contributed by atoms with Crippen molar-refractivity contribution in [3.8, 4) is 0 Å². The zero-order chi connectivity index (χ0) is 12.0. The van der Waals surface area contributed by atoms with Gasteiger partial charge >= 0.3 is 5.97 Å². The van der Waals surface area contributed by atoms with Gasteiger partial charge in [-0.3, -0.25) is 9.69 Å². The topological polar surface area (TPSA) is 29.5 Å². The van der Waals surface area contributed by atoms with Gasteiger partial charge in [0.1, 0.15) is 0 Å². The first-order valence-corrected chi connectivity index (χ1v) is 5.42. The fourth-order valence-electron chi connectivity index (χ4n) is 1.55. The van der Waals surface area contributed by atoms with Gasteiger partial charge in [-0.05, 0) is 26.0 Å². The smallest absolute Gasteiger partial charge is 0.319 e. The van der Waals surface area contributed by atoms with Crippen molar-refractivity contribution in [2.45, 2.75) is 13.3 Å². The molecule has 0 aliphatic rings. The Labute approximate surface area is 97.0 Å². The summed E-state index contributed by atoms with van der Waals surface area (Å²) in [6.07, 6.45) is 0.954. The minimum Gasteiger partial charge on any atom is -0.468 e. The molecule has 0 aliphatic heterocycles. The van der Waals surface area contributed by atoms with Crippen LogP contribution in [0.4, 0.5) is 0 Å². The predicted molar refractivity (Wildman–Crippen MR) is 64.4 cm³/mol. The Hall–Kier alpha value is -1.35. The standard InChI is InChI=1S/C13H19NO2/c1-11-5-4-6-12(9-11)7-8-14(2)10-13(15)16-3/h4-6,9H,7-8,10H2,1-3H3. The van der Waals surface area contributed by atoms with E-state index in [-0.39, 0.29) is 5.97 Å². The number of aryl methyl sites for hydroxylation is 1. The van der Waals surface area contributed by atoms with E-state index in [9.17, 15) is 4.79 Å². The average Bonchev–Trinajstić information content (AvgIpc) is 2.26. The largest absolute Gasteiger partial charge is 0.468 e. The molecule has 3 nitrogen and oxygen atoms in total. The average molecular weight is 221 g/mol. The number of ether oxygens (including phenoxy) is 1. The highest BCUT2D eigenvalue weighted by molar-refractivity contribution is 5.71. The maximum Gasteiger partial charge on any atom is 0.319 e. The summed E-state index contributed by atoms with van der Waals surface area (Å²) < 4.78 is 4.61. The molecule has 1 aromatic carbocycles. The molecule has 0 spiro atoms. The van der Waals surface area contributed by atoms with E-state index in [2.05, 4.69) is 35.9 Å². The summed E-state index contributed by atoms with van der Waals surface area (Å²) in [6.45, 7) is 3.29. The summed E-state index contributed by atoms with van der Waals surface area (Å²) in [4.78, 5) is 13.0. The van der Waals surface area contributed by atoms with Gasteiger partial charge in [0.05, 0.1) is 13.7 Å². The summed E-state index contributed by atoms with van der Waals surface area (Å²) in [6, 6.07) is 8.43. The van der Waals surface area contributed by atoms with E-state index < -0.39 is 0 Å². The van der Waals surface area contributed by atoms with E-state index in [1.54, 1.807) is 0 Å². The van der Waals surface area contributed by atoms with Crippen LogP contribution in [0, 0.1) is 6.92 Å². The van der Waals surface area contributed by atoms with Gasteiger partial charge < -0.3 is 4.74 Å². The van der Waals surface area contributed by atoms with Crippen LogP contribution in [0.25, 0.3) is 0 Å². The lowest BCUT2D eigenvalue weighted by Gasteiger charge is -2.14. The fraction of sp³-hybridized carbons (Fsp3) is 0.462. The van der Waals surface area contributed by atoms with E-state index in [0.29, 0.717) is 6.54 Å². The highest BCUT2D eigenvalue weighted by atomic mass is 16.5. The van der Waals surface area contributed by atoms with Gasteiger partial charge in [-0.2, -0.15) is 0 Å². The summed E-state index contributed by atoms with van der Waals surface area (Å²) in [7, 11) is 3.34. The molecular weight excluding hydrogens is 202 g/mol. The van der Waals surface area contributed by atoms with Crippen molar-refractivity contribution < 1.29 is 9.53 Å². The molecule has 3 heteroatoms. The first kappa shape index (κ1) is 12.7. The molecule has 0 fully saturated rings. The van der Waals surface area contributed by atoms with Crippen LogP contribution in [-0.2, 0) is 16.0 Å². The molecule has 88 valence electrons. The minimum absolute atomic E-state index is 0.188. The molecule has 0 saturated heterocycles. The zero-order valence-corrected chi connectivity index (χ0v) is 10.2. The number of likely N-dealkylation sites (N-methyl/N-ethyl adjacent to an activating group) is 1. The Kier molecular flexibility index (Phi) is 4.99. The molecule has 1 rings (SSSR count). The Balaban J connectivity index is 2.37. The number of methoxy groups -OCH3 is 1. The van der Waals surface area contributed by atoms with Crippen molar-refractivity contribution in [2.75, 3.05) is 27.2 Å². The Morgan fingerprint density at radius 3 is 2.81 bits per heavy atom. The molecule has 0 radical (unpaired) electrons. The Bertz CT molecular complexity index is 350. The molecule has 0 amide bonds. The molecule has 16 heavy (non-hydrogen) atoms. The van der Waals surface area contributed by atoms with E-state index in [4.69, 9.17) is 0 Å². The van der Waals surface area contributed by atoms with Crippen molar-refractivity contribution in [2.24, 2.45) is 0 Å². The number of carbonyl (C=O) groups excluding carboxylic acids is 1. The van der Waals surface area contributed by atoms with Crippen molar-refractivity contribution in [3.63, 3.8) is 0 Å². The second-order valence-corrected chi connectivity index (χ2v) is 4.05. The molecule has 0 N–H and O–H groups in total. The van der Waals surface area contributed by atoms with E-state index in [1.165, 1.54) is 18.2 Å². The third kappa shape index (κ3) is 4.45. The SMILES string of the molecule is COC(=O)CN(C)CCc1cccc(C)c1. The van der Waals surface area contributed by atoms with Crippen LogP contribution in [-0.4, -0.2) is 38.1 Å². The van der Waals surface area contributed by atoms with Crippen LogP contribution in [0.2, 0.25) is 0 Å². The maximum atomic E-state index is 11.0. The lowest BCUT2D eigenvalue weighted by atomic mass is 10.1. The number of rotatable bonds is 5. The van der Waals surface area contributed by atoms with Crippen LogP contribution in [0.5, 0.6) is 0 Å². The number of esters is 1. The van der Waals surface area contributed by atoms with Gasteiger partial charge in [-0.15, -0.1) is 0 Å². The molecule has 0 aromatic heterocycles. The number of benzene rings is 1. The number of carbonyl (C=O) groups is 1. The molecule has 0 bridgehead atoms. The summed E-state index contributed by atoms with van der Waals surface area (Å²) in [5.74, 6) is -0.188. The molecule has 0 aliphatic carbocycles. The van der Waals surface area contributed by atoms with Gasteiger partial charge in [-0.1, -0.05) is 29.8 Å². The quantitative estimate of drug-likeness (QED) is 0.708. The number of nitrogens with zero attached hydrogens (tertiary/aromatic N) is 1. The van der Waals surface area contributed by atoms with Crippen LogP contribution in [0.15, 0.2) is 24.3 Å². The third-order valence-electron chi connectivity index (χ3n) is 2.49. The first-order chi connectivity index (χ1) is 7.61. The van der Waals surface area contributed by atoms with Crippen molar-refractivity contribution in [3.05, 3.63) is 35.4 Å². The van der Waals surface area contributed by atoms with Gasteiger partial charge in [0.15, 0.2) is 0 Å². The molecule has 0 saturated carbocycles.